The third kappa shape index (κ3) is 8.20. The first-order chi connectivity index (χ1) is 10.9. The largest absolute Gasteiger partial charge is 0.482 e. The zero-order valence-corrected chi connectivity index (χ0v) is 14.5. The van der Waals surface area contributed by atoms with Crippen LogP contribution in [0, 0.1) is 0 Å². The van der Waals surface area contributed by atoms with Gasteiger partial charge in [0.05, 0.1) is 0 Å². The molecule has 0 unspecified atom stereocenters. The van der Waals surface area contributed by atoms with E-state index in [2.05, 4.69) is 26.6 Å². The number of nitrogens with one attached hydrogen (secondary N) is 2. The number of imide groups is 1. The summed E-state index contributed by atoms with van der Waals surface area (Å²) in [6.07, 6.45) is 0.740. The second kappa shape index (κ2) is 9.83. The van der Waals surface area contributed by atoms with E-state index in [0.717, 1.165) is 10.9 Å². The first-order valence-electron chi connectivity index (χ1n) is 7.05. The number of carbonyl (C=O) groups excluding carboxylic acids is 3. The Bertz CT molecular complexity index is 565. The van der Waals surface area contributed by atoms with Crippen molar-refractivity contribution in [3.8, 4) is 5.75 Å². The smallest absolute Gasteiger partial charge is 0.344 e. The molecule has 0 aliphatic carbocycles. The van der Waals surface area contributed by atoms with Gasteiger partial charge in [0, 0.05) is 10.5 Å². The lowest BCUT2D eigenvalue weighted by molar-refractivity contribution is -0.150. The van der Waals surface area contributed by atoms with Gasteiger partial charge in [0.1, 0.15) is 5.75 Å². The van der Waals surface area contributed by atoms with Crippen molar-refractivity contribution in [1.29, 1.82) is 0 Å². The van der Waals surface area contributed by atoms with Gasteiger partial charge in [-0.05, 0) is 31.5 Å². The molecule has 0 aliphatic rings. The molecule has 1 atom stereocenters. The average molecular weight is 387 g/mol. The molecular formula is C15H19BrN2O5. The van der Waals surface area contributed by atoms with Crippen molar-refractivity contribution in [1.82, 2.24) is 10.6 Å². The summed E-state index contributed by atoms with van der Waals surface area (Å²) in [5.74, 6) is -0.919. The van der Waals surface area contributed by atoms with E-state index >= 15 is 0 Å². The monoisotopic (exact) mass is 386 g/mol. The molecule has 2 N–H and O–H groups in total. The summed E-state index contributed by atoms with van der Waals surface area (Å²) < 4.78 is 10.7. The highest BCUT2D eigenvalue weighted by molar-refractivity contribution is 9.10. The number of halogens is 1. The SMILES string of the molecule is CC[C@@H](C)NC(=O)NC(=O)COC(=O)COc1cccc(Br)c1. The summed E-state index contributed by atoms with van der Waals surface area (Å²) in [4.78, 5) is 34.3. The van der Waals surface area contributed by atoms with Crippen LogP contribution in [0.25, 0.3) is 0 Å². The van der Waals surface area contributed by atoms with Crippen LogP contribution in [0.3, 0.4) is 0 Å². The molecule has 8 heteroatoms. The third-order valence-electron chi connectivity index (χ3n) is 2.76. The van der Waals surface area contributed by atoms with Crippen LogP contribution in [0.5, 0.6) is 5.75 Å². The van der Waals surface area contributed by atoms with E-state index in [-0.39, 0.29) is 12.6 Å². The zero-order chi connectivity index (χ0) is 17.2. The van der Waals surface area contributed by atoms with Crippen LogP contribution in [0.2, 0.25) is 0 Å². The Labute approximate surface area is 142 Å². The maximum absolute atomic E-state index is 11.5. The highest BCUT2D eigenvalue weighted by Gasteiger charge is 2.12. The van der Waals surface area contributed by atoms with Gasteiger partial charge in [0.2, 0.25) is 0 Å². The maximum Gasteiger partial charge on any atom is 0.344 e. The topological polar surface area (TPSA) is 93.7 Å². The Morgan fingerprint density at radius 3 is 2.65 bits per heavy atom. The van der Waals surface area contributed by atoms with Gasteiger partial charge in [-0.3, -0.25) is 10.1 Å². The number of urea groups is 1. The first kappa shape index (κ1) is 19.0. The molecule has 7 nitrogen and oxygen atoms in total. The fourth-order valence-corrected chi connectivity index (χ4v) is 1.79. The highest BCUT2D eigenvalue weighted by Crippen LogP contribution is 2.17. The number of amides is 3. The summed E-state index contributed by atoms with van der Waals surface area (Å²) in [6.45, 7) is 2.83. The van der Waals surface area contributed by atoms with Crippen molar-refractivity contribution in [2.45, 2.75) is 26.3 Å². The zero-order valence-electron chi connectivity index (χ0n) is 12.9. The van der Waals surface area contributed by atoms with Crippen LogP contribution in [0.15, 0.2) is 28.7 Å². The highest BCUT2D eigenvalue weighted by atomic mass is 79.9. The molecule has 0 saturated heterocycles. The lowest BCUT2D eigenvalue weighted by atomic mass is 10.3. The lowest BCUT2D eigenvalue weighted by Gasteiger charge is -2.12. The number of hydrogen-bond acceptors (Lipinski definition) is 5. The lowest BCUT2D eigenvalue weighted by Crippen LogP contribution is -2.44. The molecule has 126 valence electrons. The van der Waals surface area contributed by atoms with E-state index in [4.69, 9.17) is 9.47 Å². The van der Waals surface area contributed by atoms with Gasteiger partial charge in [0.15, 0.2) is 13.2 Å². The Morgan fingerprint density at radius 1 is 1.26 bits per heavy atom. The quantitative estimate of drug-likeness (QED) is 0.698. The molecule has 3 amide bonds. The number of esters is 1. The van der Waals surface area contributed by atoms with Crippen molar-refractivity contribution in [2.24, 2.45) is 0 Å². The molecule has 0 bridgehead atoms. The molecule has 1 rings (SSSR count). The Morgan fingerprint density at radius 2 is 2.00 bits per heavy atom. The fourth-order valence-electron chi connectivity index (χ4n) is 1.41. The van der Waals surface area contributed by atoms with Crippen LogP contribution in [-0.2, 0) is 14.3 Å². The van der Waals surface area contributed by atoms with Gasteiger partial charge in [0.25, 0.3) is 5.91 Å². The normalized spacial score (nSPS) is 11.3. The molecule has 1 aromatic rings. The standard InChI is InChI=1S/C15H19BrN2O5/c1-3-10(2)17-15(21)18-13(19)8-23-14(20)9-22-12-6-4-5-11(16)7-12/h4-7,10H,3,8-9H2,1-2H3,(H2,17,18,19,21)/t10-/m1/s1. The van der Waals surface area contributed by atoms with Gasteiger partial charge < -0.3 is 14.8 Å². The summed E-state index contributed by atoms with van der Waals surface area (Å²) in [5, 5.41) is 4.63. The second-order valence-electron chi connectivity index (χ2n) is 4.74. The fraction of sp³-hybridized carbons (Fsp3) is 0.400. The van der Waals surface area contributed by atoms with Gasteiger partial charge in [-0.25, -0.2) is 9.59 Å². The van der Waals surface area contributed by atoms with E-state index < -0.39 is 24.5 Å². The second-order valence-corrected chi connectivity index (χ2v) is 5.65. The van der Waals surface area contributed by atoms with Crippen LogP contribution in [0.1, 0.15) is 20.3 Å². The molecule has 0 aromatic heterocycles. The molecule has 1 aromatic carbocycles. The number of hydrogen-bond donors (Lipinski definition) is 2. The minimum absolute atomic E-state index is 0.0519. The van der Waals surface area contributed by atoms with E-state index in [1.165, 1.54) is 0 Å². The molecule has 0 heterocycles. The van der Waals surface area contributed by atoms with Crippen molar-refractivity contribution in [3.63, 3.8) is 0 Å². The van der Waals surface area contributed by atoms with Crippen molar-refractivity contribution < 1.29 is 23.9 Å². The van der Waals surface area contributed by atoms with E-state index in [1.54, 1.807) is 18.2 Å². The molecule has 23 heavy (non-hydrogen) atoms. The molecule has 0 radical (unpaired) electrons. The van der Waals surface area contributed by atoms with E-state index in [1.807, 2.05) is 19.9 Å². The Balaban J connectivity index is 2.25. The number of benzene rings is 1. The predicted molar refractivity (Wildman–Crippen MR) is 87.0 cm³/mol. The van der Waals surface area contributed by atoms with Crippen molar-refractivity contribution >= 4 is 33.8 Å². The summed E-state index contributed by atoms with van der Waals surface area (Å²) in [5.41, 5.74) is 0. The third-order valence-corrected chi connectivity index (χ3v) is 3.25. The number of rotatable bonds is 7. The molecule has 0 fully saturated rings. The molecule has 0 aliphatic heterocycles. The number of carbonyl (C=O) groups is 3. The number of ether oxygens (including phenoxy) is 2. The summed E-state index contributed by atoms with van der Waals surface area (Å²) in [6, 6.07) is 6.28. The predicted octanol–water partition coefficient (Wildman–Crippen LogP) is 2.00. The van der Waals surface area contributed by atoms with Crippen LogP contribution < -0.4 is 15.4 Å². The maximum atomic E-state index is 11.5. The minimum Gasteiger partial charge on any atom is -0.482 e. The summed E-state index contributed by atoms with van der Waals surface area (Å²) in [7, 11) is 0. The Hall–Kier alpha value is -2.09. The van der Waals surface area contributed by atoms with E-state index in [9.17, 15) is 14.4 Å². The van der Waals surface area contributed by atoms with Crippen LogP contribution in [0.4, 0.5) is 4.79 Å². The molecule has 0 saturated carbocycles. The van der Waals surface area contributed by atoms with Crippen molar-refractivity contribution in [2.75, 3.05) is 13.2 Å². The van der Waals surface area contributed by atoms with Crippen LogP contribution in [-0.4, -0.2) is 37.2 Å². The Kier molecular flexibility index (Phi) is 8.10. The molecule has 0 spiro atoms. The average Bonchev–Trinajstić information content (AvgIpc) is 2.50. The minimum atomic E-state index is -0.707. The van der Waals surface area contributed by atoms with E-state index in [0.29, 0.717) is 5.75 Å². The van der Waals surface area contributed by atoms with Crippen LogP contribution >= 0.6 is 15.9 Å². The first-order valence-corrected chi connectivity index (χ1v) is 7.84. The van der Waals surface area contributed by atoms with Gasteiger partial charge >= 0.3 is 12.0 Å². The molecular weight excluding hydrogens is 368 g/mol. The van der Waals surface area contributed by atoms with Gasteiger partial charge in [-0.2, -0.15) is 0 Å². The van der Waals surface area contributed by atoms with Crippen molar-refractivity contribution in [3.05, 3.63) is 28.7 Å². The van der Waals surface area contributed by atoms with Gasteiger partial charge in [-0.1, -0.05) is 28.9 Å². The van der Waals surface area contributed by atoms with Gasteiger partial charge in [-0.15, -0.1) is 0 Å². The summed E-state index contributed by atoms with van der Waals surface area (Å²) >= 11 is 3.28.